The standard InChI is InChI=1S/C14H23N3O2/c1-3-6-15-10(2)11-5-4-7-16-14(11)17-8-12(18)13(19)9-17/h4-5,7,10,12-13,15,18-19H,3,6,8-9H2,1-2H3. The number of hydrogen-bond donors (Lipinski definition) is 3. The van der Waals surface area contributed by atoms with Gasteiger partial charge in [-0.1, -0.05) is 13.0 Å². The fraction of sp³-hybridized carbons (Fsp3) is 0.643. The van der Waals surface area contributed by atoms with E-state index in [1.165, 1.54) is 0 Å². The Bertz CT molecular complexity index is 403. The van der Waals surface area contributed by atoms with E-state index < -0.39 is 12.2 Å². The van der Waals surface area contributed by atoms with E-state index in [2.05, 4.69) is 24.1 Å². The Kier molecular flexibility index (Phi) is 4.74. The van der Waals surface area contributed by atoms with Gasteiger partial charge in [0.15, 0.2) is 0 Å². The Hall–Kier alpha value is -1.17. The van der Waals surface area contributed by atoms with Crippen LogP contribution in [0.5, 0.6) is 0 Å². The van der Waals surface area contributed by atoms with Crippen LogP contribution in [0, 0.1) is 0 Å². The third kappa shape index (κ3) is 3.23. The van der Waals surface area contributed by atoms with Crippen molar-refractivity contribution in [1.29, 1.82) is 0 Å². The number of pyridine rings is 1. The second-order valence-corrected chi connectivity index (χ2v) is 5.13. The van der Waals surface area contributed by atoms with E-state index in [0.717, 1.165) is 24.3 Å². The molecular weight excluding hydrogens is 242 g/mol. The van der Waals surface area contributed by atoms with Crippen LogP contribution >= 0.6 is 0 Å². The molecule has 2 rings (SSSR count). The molecule has 0 aromatic carbocycles. The second-order valence-electron chi connectivity index (χ2n) is 5.13. The summed E-state index contributed by atoms with van der Waals surface area (Å²) in [5, 5.41) is 22.8. The highest BCUT2D eigenvalue weighted by Gasteiger charge is 2.31. The van der Waals surface area contributed by atoms with Gasteiger partial charge in [0.1, 0.15) is 5.82 Å². The molecule has 0 bridgehead atoms. The quantitative estimate of drug-likeness (QED) is 0.730. The van der Waals surface area contributed by atoms with Gasteiger partial charge >= 0.3 is 0 Å². The van der Waals surface area contributed by atoms with Crippen molar-refractivity contribution in [2.45, 2.75) is 38.5 Å². The molecule has 0 aliphatic carbocycles. The first kappa shape index (κ1) is 14.2. The van der Waals surface area contributed by atoms with Gasteiger partial charge in [0, 0.05) is 30.9 Å². The fourth-order valence-corrected chi connectivity index (χ4v) is 2.42. The molecule has 3 atom stereocenters. The van der Waals surface area contributed by atoms with Gasteiger partial charge in [-0.2, -0.15) is 0 Å². The monoisotopic (exact) mass is 265 g/mol. The topological polar surface area (TPSA) is 68.6 Å². The number of aliphatic hydroxyl groups excluding tert-OH is 2. The number of nitrogens with one attached hydrogen (secondary N) is 1. The van der Waals surface area contributed by atoms with Gasteiger partial charge in [-0.25, -0.2) is 4.98 Å². The van der Waals surface area contributed by atoms with Crippen LogP contribution in [-0.2, 0) is 0 Å². The maximum Gasteiger partial charge on any atom is 0.133 e. The molecule has 1 aliphatic rings. The van der Waals surface area contributed by atoms with Gasteiger partial charge in [0.05, 0.1) is 12.2 Å². The molecule has 1 aliphatic heterocycles. The van der Waals surface area contributed by atoms with Crippen molar-refractivity contribution in [2.75, 3.05) is 24.5 Å². The zero-order valence-corrected chi connectivity index (χ0v) is 11.6. The van der Waals surface area contributed by atoms with Crippen LogP contribution in [-0.4, -0.2) is 47.0 Å². The van der Waals surface area contributed by atoms with Crippen LogP contribution in [0.2, 0.25) is 0 Å². The van der Waals surface area contributed by atoms with E-state index in [1.54, 1.807) is 6.20 Å². The number of rotatable bonds is 5. The molecule has 1 aromatic rings. The lowest BCUT2D eigenvalue weighted by Crippen LogP contribution is -2.27. The van der Waals surface area contributed by atoms with Crippen molar-refractivity contribution in [3.63, 3.8) is 0 Å². The highest BCUT2D eigenvalue weighted by molar-refractivity contribution is 5.49. The molecule has 3 N–H and O–H groups in total. The maximum absolute atomic E-state index is 9.67. The van der Waals surface area contributed by atoms with Crippen molar-refractivity contribution >= 4 is 5.82 Å². The molecule has 1 aromatic heterocycles. The number of hydrogen-bond acceptors (Lipinski definition) is 5. The van der Waals surface area contributed by atoms with E-state index >= 15 is 0 Å². The molecule has 106 valence electrons. The predicted molar refractivity (Wildman–Crippen MR) is 75.2 cm³/mol. The third-order valence-corrected chi connectivity index (χ3v) is 3.54. The summed E-state index contributed by atoms with van der Waals surface area (Å²) >= 11 is 0. The average Bonchev–Trinajstić information content (AvgIpc) is 2.76. The first-order valence-electron chi connectivity index (χ1n) is 6.92. The fourth-order valence-electron chi connectivity index (χ4n) is 2.42. The normalized spacial score (nSPS) is 24.7. The van der Waals surface area contributed by atoms with Gasteiger partial charge in [-0.05, 0) is 26.0 Å². The van der Waals surface area contributed by atoms with Crippen LogP contribution in [0.3, 0.4) is 0 Å². The predicted octanol–water partition coefficient (Wildman–Crippen LogP) is 0.684. The summed E-state index contributed by atoms with van der Waals surface area (Å²) in [7, 11) is 0. The molecule has 19 heavy (non-hydrogen) atoms. The van der Waals surface area contributed by atoms with E-state index in [1.807, 2.05) is 17.0 Å². The minimum atomic E-state index is -0.686. The molecule has 1 saturated heterocycles. The van der Waals surface area contributed by atoms with E-state index in [4.69, 9.17) is 0 Å². The number of aromatic nitrogens is 1. The summed E-state index contributed by atoms with van der Waals surface area (Å²) in [4.78, 5) is 6.38. The van der Waals surface area contributed by atoms with Gasteiger partial charge in [-0.3, -0.25) is 0 Å². The highest BCUT2D eigenvalue weighted by Crippen LogP contribution is 2.26. The van der Waals surface area contributed by atoms with E-state index in [9.17, 15) is 10.2 Å². The van der Waals surface area contributed by atoms with Gasteiger partial charge in [0.2, 0.25) is 0 Å². The summed E-state index contributed by atoms with van der Waals surface area (Å²) in [5.41, 5.74) is 1.11. The lowest BCUT2D eigenvalue weighted by molar-refractivity contribution is 0.0572. The summed E-state index contributed by atoms with van der Waals surface area (Å²) in [6.45, 7) is 6.08. The molecule has 5 nitrogen and oxygen atoms in total. The lowest BCUT2D eigenvalue weighted by atomic mass is 10.1. The number of nitrogens with zero attached hydrogens (tertiary/aromatic N) is 2. The Labute approximate surface area is 114 Å². The maximum atomic E-state index is 9.67. The Morgan fingerprint density at radius 3 is 2.74 bits per heavy atom. The second kappa shape index (κ2) is 6.32. The van der Waals surface area contributed by atoms with Crippen LogP contribution in [0.1, 0.15) is 31.9 Å². The SMILES string of the molecule is CCCNC(C)c1cccnc1N1CC(O)C(O)C1. The van der Waals surface area contributed by atoms with Gasteiger partial charge < -0.3 is 20.4 Å². The van der Waals surface area contributed by atoms with Crippen molar-refractivity contribution in [3.05, 3.63) is 23.9 Å². The van der Waals surface area contributed by atoms with Gasteiger partial charge in [-0.15, -0.1) is 0 Å². The summed E-state index contributed by atoms with van der Waals surface area (Å²) in [6.07, 6.45) is 1.46. The Balaban J connectivity index is 2.16. The highest BCUT2D eigenvalue weighted by atomic mass is 16.3. The molecular formula is C14H23N3O2. The van der Waals surface area contributed by atoms with Crippen LogP contribution in [0.25, 0.3) is 0 Å². The Morgan fingerprint density at radius 2 is 2.11 bits per heavy atom. The number of β-amino-alcohol motifs (C(OH)–C–C–N with tert-alkyl or cyclic N) is 2. The summed E-state index contributed by atoms with van der Waals surface area (Å²) in [5.74, 6) is 0.856. The van der Waals surface area contributed by atoms with Crippen LogP contribution in [0.15, 0.2) is 18.3 Å². The smallest absolute Gasteiger partial charge is 0.133 e. The lowest BCUT2D eigenvalue weighted by Gasteiger charge is -2.23. The average molecular weight is 265 g/mol. The molecule has 2 heterocycles. The molecule has 0 amide bonds. The molecule has 0 spiro atoms. The number of aliphatic hydroxyl groups is 2. The molecule has 0 radical (unpaired) electrons. The van der Waals surface area contributed by atoms with Crippen molar-refractivity contribution < 1.29 is 10.2 Å². The van der Waals surface area contributed by atoms with Gasteiger partial charge in [0.25, 0.3) is 0 Å². The largest absolute Gasteiger partial charge is 0.389 e. The van der Waals surface area contributed by atoms with E-state index in [-0.39, 0.29) is 6.04 Å². The summed E-state index contributed by atoms with van der Waals surface area (Å²) in [6, 6.07) is 4.18. The Morgan fingerprint density at radius 1 is 1.42 bits per heavy atom. The molecule has 0 saturated carbocycles. The van der Waals surface area contributed by atoms with Crippen LogP contribution in [0.4, 0.5) is 5.82 Å². The minimum Gasteiger partial charge on any atom is -0.389 e. The zero-order valence-electron chi connectivity index (χ0n) is 11.6. The first-order valence-corrected chi connectivity index (χ1v) is 6.92. The minimum absolute atomic E-state index is 0.207. The number of anilines is 1. The summed E-state index contributed by atoms with van der Waals surface area (Å²) < 4.78 is 0. The molecule has 3 unspecified atom stereocenters. The van der Waals surface area contributed by atoms with Crippen LogP contribution < -0.4 is 10.2 Å². The first-order chi connectivity index (χ1) is 9.13. The van der Waals surface area contributed by atoms with E-state index in [0.29, 0.717) is 13.1 Å². The third-order valence-electron chi connectivity index (χ3n) is 3.54. The molecule has 1 fully saturated rings. The van der Waals surface area contributed by atoms with Crippen molar-refractivity contribution in [1.82, 2.24) is 10.3 Å². The molecule has 5 heteroatoms. The zero-order chi connectivity index (χ0) is 13.8. The van der Waals surface area contributed by atoms with Crippen molar-refractivity contribution in [3.8, 4) is 0 Å². The van der Waals surface area contributed by atoms with Crippen molar-refractivity contribution in [2.24, 2.45) is 0 Å².